The van der Waals surface area contributed by atoms with Crippen LogP contribution in [-0.2, 0) is 19.6 Å². The Kier molecular flexibility index (Phi) is 8.85. The first-order chi connectivity index (χ1) is 17.9. The van der Waals surface area contributed by atoms with Gasteiger partial charge in [0.05, 0.1) is 22.8 Å². The maximum atomic E-state index is 12.6. The fraction of sp³-hybridized carbons (Fsp3) is 0.304. The lowest BCUT2D eigenvalue weighted by Crippen LogP contribution is -2.22. The Hall–Kier alpha value is -3.82. The summed E-state index contributed by atoms with van der Waals surface area (Å²) in [4.78, 5) is 20.9. The summed E-state index contributed by atoms with van der Waals surface area (Å²) < 4.78 is 65.3. The molecular weight excluding hydrogens is 529 g/mol. The summed E-state index contributed by atoms with van der Waals surface area (Å²) in [5, 5.41) is 12.6. The average molecular weight is 555 g/mol. The van der Waals surface area contributed by atoms with E-state index in [0.29, 0.717) is 13.0 Å². The van der Waals surface area contributed by atoms with Crippen molar-refractivity contribution in [1.29, 1.82) is 0 Å². The number of aromatic nitrogens is 5. The molecule has 15 heteroatoms. The smallest absolute Gasteiger partial charge is 0.475 e. The zero-order valence-electron chi connectivity index (χ0n) is 20.5. The van der Waals surface area contributed by atoms with Crippen molar-refractivity contribution in [3.8, 4) is 11.3 Å². The Balaban J connectivity index is 0.000000505. The van der Waals surface area contributed by atoms with Gasteiger partial charge in [-0.15, -0.1) is 0 Å². The van der Waals surface area contributed by atoms with Crippen LogP contribution in [-0.4, -0.2) is 82.5 Å². The van der Waals surface area contributed by atoms with E-state index >= 15 is 0 Å². The number of aliphatic carboxylic acids is 1. The number of hydrogen-bond acceptors (Lipinski definition) is 7. The van der Waals surface area contributed by atoms with E-state index in [1.807, 2.05) is 29.2 Å². The van der Waals surface area contributed by atoms with Gasteiger partial charge in [0.1, 0.15) is 12.0 Å². The third-order valence-electron chi connectivity index (χ3n) is 5.41. The molecule has 1 unspecified atom stereocenters. The molecule has 0 aliphatic carbocycles. The van der Waals surface area contributed by atoms with E-state index < -0.39 is 22.2 Å². The van der Waals surface area contributed by atoms with Crippen LogP contribution >= 0.6 is 0 Å². The molecule has 4 aromatic rings. The van der Waals surface area contributed by atoms with Crippen molar-refractivity contribution in [3.63, 3.8) is 0 Å². The lowest BCUT2D eigenvalue weighted by atomic mass is 10.0. The molecule has 3 aromatic heterocycles. The van der Waals surface area contributed by atoms with Crippen LogP contribution in [0.15, 0.2) is 60.1 Å². The molecule has 0 aliphatic heterocycles. The van der Waals surface area contributed by atoms with Gasteiger partial charge in [0, 0.05) is 51.2 Å². The lowest BCUT2D eigenvalue weighted by Gasteiger charge is -2.19. The second-order valence-electron chi connectivity index (χ2n) is 8.13. The molecule has 0 saturated carbocycles. The summed E-state index contributed by atoms with van der Waals surface area (Å²) in [5.41, 5.74) is 3.23. The van der Waals surface area contributed by atoms with Crippen LogP contribution in [0, 0.1) is 0 Å². The van der Waals surface area contributed by atoms with Crippen molar-refractivity contribution < 1.29 is 36.2 Å². The van der Waals surface area contributed by atoms with Gasteiger partial charge in [0.25, 0.3) is 0 Å². The van der Waals surface area contributed by atoms with E-state index in [2.05, 4.69) is 20.1 Å². The summed E-state index contributed by atoms with van der Waals surface area (Å²) in [6, 6.07) is 8.69. The molecule has 3 heterocycles. The van der Waals surface area contributed by atoms with E-state index in [1.54, 1.807) is 31.5 Å². The number of aromatic amines is 1. The first-order valence-corrected chi connectivity index (χ1v) is 12.4. The van der Waals surface area contributed by atoms with Gasteiger partial charge in [-0.2, -0.15) is 18.3 Å². The summed E-state index contributed by atoms with van der Waals surface area (Å²) in [6.45, 7) is 0.500. The summed E-state index contributed by atoms with van der Waals surface area (Å²) in [5.74, 6) is -2.76. The molecular formula is C23H25F3N6O5S. The molecule has 38 heavy (non-hydrogen) atoms. The van der Waals surface area contributed by atoms with Crippen LogP contribution in [0.4, 0.5) is 13.2 Å². The molecule has 204 valence electrons. The minimum absolute atomic E-state index is 0.199. The minimum Gasteiger partial charge on any atom is -0.475 e. The Morgan fingerprint density at radius 1 is 1.24 bits per heavy atom. The lowest BCUT2D eigenvalue weighted by molar-refractivity contribution is -0.192. The summed E-state index contributed by atoms with van der Waals surface area (Å²) in [7, 11) is 1.14. The number of hydrogen-bond donors (Lipinski definition) is 2. The molecule has 0 aliphatic rings. The molecule has 1 atom stereocenters. The highest BCUT2D eigenvalue weighted by Gasteiger charge is 2.38. The number of sulfonamides is 1. The number of halogens is 3. The molecule has 0 bridgehead atoms. The third kappa shape index (κ3) is 6.54. The van der Waals surface area contributed by atoms with Gasteiger partial charge >= 0.3 is 12.1 Å². The third-order valence-corrected chi connectivity index (χ3v) is 7.22. The monoisotopic (exact) mass is 554 g/mol. The van der Waals surface area contributed by atoms with Crippen molar-refractivity contribution in [1.82, 2.24) is 29.0 Å². The van der Waals surface area contributed by atoms with Crippen LogP contribution in [0.5, 0.6) is 0 Å². The highest BCUT2D eigenvalue weighted by molar-refractivity contribution is 7.89. The standard InChI is InChI=1S/C21H24N6O3S.C2HF3O2/c1-26(2)31(28,29)17-6-4-5-15(11-17)19(8-10-30-3)27-13-16(12-25-27)20-18-7-9-22-21(18)24-14-23-20;3-2(4,5)1(6)7/h4-7,9,11-14,19H,8,10H2,1-3H3,(H,22,23,24);(H,6,7). The number of fused-ring (bicyclic) bond motifs is 1. The predicted molar refractivity (Wildman–Crippen MR) is 131 cm³/mol. The number of benzene rings is 1. The molecule has 0 spiro atoms. The van der Waals surface area contributed by atoms with Gasteiger partial charge in [0.15, 0.2) is 0 Å². The van der Waals surface area contributed by atoms with Crippen molar-refractivity contribution in [2.24, 2.45) is 0 Å². The number of alkyl halides is 3. The first-order valence-electron chi connectivity index (χ1n) is 11.0. The normalized spacial score (nSPS) is 12.8. The van der Waals surface area contributed by atoms with Gasteiger partial charge in [-0.1, -0.05) is 12.1 Å². The second kappa shape index (κ2) is 11.7. The van der Waals surface area contributed by atoms with E-state index in [1.165, 1.54) is 24.7 Å². The number of carboxylic acid groups (broad SMARTS) is 1. The largest absolute Gasteiger partial charge is 0.490 e. The topological polar surface area (TPSA) is 143 Å². The van der Waals surface area contributed by atoms with Gasteiger partial charge in [0.2, 0.25) is 10.0 Å². The minimum atomic E-state index is -5.08. The molecule has 0 amide bonds. The van der Waals surface area contributed by atoms with E-state index in [4.69, 9.17) is 14.6 Å². The molecule has 11 nitrogen and oxygen atoms in total. The van der Waals surface area contributed by atoms with Crippen LogP contribution in [0.2, 0.25) is 0 Å². The number of nitrogens with one attached hydrogen (secondary N) is 1. The molecule has 4 rings (SSSR count). The highest BCUT2D eigenvalue weighted by Crippen LogP contribution is 2.29. The second-order valence-corrected chi connectivity index (χ2v) is 10.3. The van der Waals surface area contributed by atoms with Crippen LogP contribution in [0.25, 0.3) is 22.3 Å². The Morgan fingerprint density at radius 3 is 2.58 bits per heavy atom. The number of carboxylic acids is 1. The predicted octanol–water partition coefficient (Wildman–Crippen LogP) is 3.33. The molecule has 0 saturated heterocycles. The van der Waals surface area contributed by atoms with Crippen LogP contribution in [0.1, 0.15) is 18.0 Å². The molecule has 0 radical (unpaired) electrons. The Bertz CT molecular complexity index is 1500. The van der Waals surface area contributed by atoms with E-state index in [9.17, 15) is 21.6 Å². The van der Waals surface area contributed by atoms with Crippen LogP contribution in [0.3, 0.4) is 0 Å². The number of ether oxygens (including phenoxy) is 1. The fourth-order valence-corrected chi connectivity index (χ4v) is 4.46. The van der Waals surface area contributed by atoms with Gasteiger partial charge in [-0.3, -0.25) is 4.68 Å². The zero-order valence-corrected chi connectivity index (χ0v) is 21.4. The first kappa shape index (κ1) is 28.7. The van der Waals surface area contributed by atoms with Crippen LogP contribution < -0.4 is 0 Å². The maximum absolute atomic E-state index is 12.6. The maximum Gasteiger partial charge on any atom is 0.490 e. The number of nitrogens with zero attached hydrogens (tertiary/aromatic N) is 5. The number of methoxy groups -OCH3 is 1. The van der Waals surface area contributed by atoms with Gasteiger partial charge < -0.3 is 14.8 Å². The Morgan fingerprint density at radius 2 is 1.95 bits per heavy atom. The van der Waals surface area contributed by atoms with Crippen molar-refractivity contribution in [2.45, 2.75) is 23.5 Å². The quantitative estimate of drug-likeness (QED) is 0.338. The summed E-state index contributed by atoms with van der Waals surface area (Å²) in [6.07, 6.45) is 2.57. The average Bonchev–Trinajstić information content (AvgIpc) is 3.54. The zero-order chi connectivity index (χ0) is 28.1. The number of carbonyl (C=O) groups is 1. The number of rotatable bonds is 8. The van der Waals surface area contributed by atoms with E-state index in [0.717, 1.165) is 27.9 Å². The SMILES string of the molecule is COCCC(c1cccc(S(=O)(=O)N(C)C)c1)n1cc(-c2ncnc3[nH]ccc23)cn1.O=C(O)C(F)(F)F. The number of H-pyrrole nitrogens is 1. The Labute approximate surface area is 215 Å². The summed E-state index contributed by atoms with van der Waals surface area (Å²) >= 11 is 0. The van der Waals surface area contributed by atoms with Crippen molar-refractivity contribution in [3.05, 3.63) is 60.8 Å². The van der Waals surface area contributed by atoms with E-state index in [-0.39, 0.29) is 10.9 Å². The molecule has 0 fully saturated rings. The fourth-order valence-electron chi connectivity index (χ4n) is 3.51. The molecule has 2 N–H and O–H groups in total. The highest BCUT2D eigenvalue weighted by atomic mass is 32.2. The van der Waals surface area contributed by atoms with Crippen molar-refractivity contribution >= 4 is 27.0 Å². The molecule has 1 aromatic carbocycles. The van der Waals surface area contributed by atoms with Crippen molar-refractivity contribution in [2.75, 3.05) is 27.8 Å². The van der Waals surface area contributed by atoms with Gasteiger partial charge in [-0.05, 0) is 30.2 Å². The van der Waals surface area contributed by atoms with Gasteiger partial charge in [-0.25, -0.2) is 27.5 Å².